The summed E-state index contributed by atoms with van der Waals surface area (Å²) < 4.78 is 5.99. The Morgan fingerprint density at radius 3 is 2.50 bits per heavy atom. The third-order valence-electron chi connectivity index (χ3n) is 3.98. The van der Waals surface area contributed by atoms with Gasteiger partial charge >= 0.3 is 5.97 Å². The SMILES string of the molecule is COC(=O)C(C)NC(=O)c1ccc(-n2cnc3ccccc3c2=O)cc1. The van der Waals surface area contributed by atoms with Gasteiger partial charge in [-0.3, -0.25) is 14.2 Å². The summed E-state index contributed by atoms with van der Waals surface area (Å²) in [7, 11) is 1.26. The average molecular weight is 351 g/mol. The van der Waals surface area contributed by atoms with Crippen LogP contribution in [0.2, 0.25) is 0 Å². The lowest BCUT2D eigenvalue weighted by Gasteiger charge is -2.12. The summed E-state index contributed by atoms with van der Waals surface area (Å²) in [5.74, 6) is -0.929. The number of nitrogens with one attached hydrogen (secondary N) is 1. The number of aromatic nitrogens is 2. The van der Waals surface area contributed by atoms with Gasteiger partial charge in [0.2, 0.25) is 0 Å². The number of carbonyl (C=O) groups is 2. The first-order valence-corrected chi connectivity index (χ1v) is 7.97. The molecule has 0 saturated heterocycles. The predicted molar refractivity (Wildman–Crippen MR) is 96.3 cm³/mol. The van der Waals surface area contributed by atoms with Crippen molar-refractivity contribution < 1.29 is 14.3 Å². The van der Waals surface area contributed by atoms with E-state index in [9.17, 15) is 14.4 Å². The molecule has 1 heterocycles. The monoisotopic (exact) mass is 351 g/mol. The zero-order valence-electron chi connectivity index (χ0n) is 14.3. The first-order chi connectivity index (χ1) is 12.5. The summed E-state index contributed by atoms with van der Waals surface area (Å²) >= 11 is 0. The van der Waals surface area contributed by atoms with Gasteiger partial charge in [-0.15, -0.1) is 0 Å². The zero-order chi connectivity index (χ0) is 18.7. The average Bonchev–Trinajstić information content (AvgIpc) is 2.68. The van der Waals surface area contributed by atoms with Crippen LogP contribution in [-0.2, 0) is 9.53 Å². The van der Waals surface area contributed by atoms with Gasteiger partial charge in [0.15, 0.2) is 0 Å². The van der Waals surface area contributed by atoms with Crippen LogP contribution in [0.3, 0.4) is 0 Å². The third-order valence-corrected chi connectivity index (χ3v) is 3.98. The number of carbonyl (C=O) groups excluding carboxylic acids is 2. The lowest BCUT2D eigenvalue weighted by Crippen LogP contribution is -2.39. The maximum absolute atomic E-state index is 12.6. The second-order valence-corrected chi connectivity index (χ2v) is 5.70. The minimum Gasteiger partial charge on any atom is -0.467 e. The highest BCUT2D eigenvalue weighted by molar-refractivity contribution is 5.96. The van der Waals surface area contributed by atoms with Crippen molar-refractivity contribution in [2.75, 3.05) is 7.11 Å². The van der Waals surface area contributed by atoms with Gasteiger partial charge in [0.05, 0.1) is 23.7 Å². The Hall–Kier alpha value is -3.48. The Morgan fingerprint density at radius 1 is 1.12 bits per heavy atom. The number of esters is 1. The van der Waals surface area contributed by atoms with Gasteiger partial charge in [-0.25, -0.2) is 9.78 Å². The minimum atomic E-state index is -0.750. The van der Waals surface area contributed by atoms with Crippen LogP contribution in [-0.4, -0.2) is 34.6 Å². The molecule has 1 aromatic heterocycles. The van der Waals surface area contributed by atoms with E-state index in [-0.39, 0.29) is 5.56 Å². The molecule has 3 rings (SSSR count). The second-order valence-electron chi connectivity index (χ2n) is 5.70. The van der Waals surface area contributed by atoms with E-state index in [4.69, 9.17) is 0 Å². The number of ether oxygens (including phenoxy) is 1. The van der Waals surface area contributed by atoms with Crippen LogP contribution >= 0.6 is 0 Å². The molecule has 0 aliphatic carbocycles. The molecule has 3 aromatic rings. The van der Waals surface area contributed by atoms with Crippen molar-refractivity contribution in [3.05, 3.63) is 70.8 Å². The van der Waals surface area contributed by atoms with Gasteiger partial charge in [0.1, 0.15) is 12.4 Å². The molecule has 7 heteroatoms. The molecule has 1 N–H and O–H groups in total. The van der Waals surface area contributed by atoms with Crippen LogP contribution in [0, 0.1) is 0 Å². The molecule has 132 valence electrons. The Kier molecular flexibility index (Phi) is 4.79. The number of nitrogens with zero attached hydrogens (tertiary/aromatic N) is 2. The van der Waals surface area contributed by atoms with E-state index >= 15 is 0 Å². The maximum Gasteiger partial charge on any atom is 0.328 e. The maximum atomic E-state index is 12.6. The number of benzene rings is 2. The van der Waals surface area contributed by atoms with E-state index < -0.39 is 17.9 Å². The largest absolute Gasteiger partial charge is 0.467 e. The van der Waals surface area contributed by atoms with Crippen LogP contribution in [0.1, 0.15) is 17.3 Å². The smallest absolute Gasteiger partial charge is 0.328 e. The van der Waals surface area contributed by atoms with Gasteiger partial charge in [-0.05, 0) is 43.3 Å². The number of amides is 1. The fraction of sp³-hybridized carbons (Fsp3) is 0.158. The van der Waals surface area contributed by atoms with Gasteiger partial charge in [0.25, 0.3) is 11.5 Å². The molecule has 1 amide bonds. The molecule has 0 spiro atoms. The highest BCUT2D eigenvalue weighted by Crippen LogP contribution is 2.11. The first kappa shape index (κ1) is 17.3. The van der Waals surface area contributed by atoms with Crippen molar-refractivity contribution in [3.63, 3.8) is 0 Å². The van der Waals surface area contributed by atoms with Crippen molar-refractivity contribution in [2.24, 2.45) is 0 Å². The van der Waals surface area contributed by atoms with Gasteiger partial charge in [-0.1, -0.05) is 12.1 Å². The number of hydrogen-bond acceptors (Lipinski definition) is 5. The Bertz CT molecular complexity index is 1020. The van der Waals surface area contributed by atoms with Crippen LogP contribution in [0.4, 0.5) is 0 Å². The minimum absolute atomic E-state index is 0.188. The summed E-state index contributed by atoms with van der Waals surface area (Å²) in [6.07, 6.45) is 1.46. The van der Waals surface area contributed by atoms with Gasteiger partial charge in [0, 0.05) is 5.56 Å². The zero-order valence-corrected chi connectivity index (χ0v) is 14.3. The standard InChI is InChI=1S/C19H17N3O4/c1-12(19(25)26-2)21-17(23)13-7-9-14(10-8-13)22-11-20-16-6-4-3-5-15(16)18(22)24/h3-12H,1-2H3,(H,21,23). The van der Waals surface area contributed by atoms with Crippen molar-refractivity contribution in [1.82, 2.24) is 14.9 Å². The van der Waals surface area contributed by atoms with Gasteiger partial charge < -0.3 is 10.1 Å². The molecule has 1 atom stereocenters. The van der Waals surface area contributed by atoms with E-state index in [1.54, 1.807) is 49.4 Å². The summed E-state index contributed by atoms with van der Waals surface area (Å²) in [4.78, 5) is 40.4. The molecule has 0 radical (unpaired) electrons. The molecule has 7 nitrogen and oxygen atoms in total. The van der Waals surface area contributed by atoms with E-state index in [0.717, 1.165) is 0 Å². The summed E-state index contributed by atoms with van der Waals surface area (Å²) in [5.41, 5.74) is 1.39. The van der Waals surface area contributed by atoms with E-state index in [1.165, 1.54) is 18.0 Å². The first-order valence-electron chi connectivity index (χ1n) is 7.97. The highest BCUT2D eigenvalue weighted by Gasteiger charge is 2.17. The molecule has 1 unspecified atom stereocenters. The molecule has 0 aliphatic heterocycles. The highest BCUT2D eigenvalue weighted by atomic mass is 16.5. The lowest BCUT2D eigenvalue weighted by molar-refractivity contribution is -0.142. The molecule has 26 heavy (non-hydrogen) atoms. The molecule has 0 fully saturated rings. The summed E-state index contributed by atoms with van der Waals surface area (Å²) in [5, 5.41) is 3.06. The quantitative estimate of drug-likeness (QED) is 0.722. The number of rotatable bonds is 4. The van der Waals surface area contributed by atoms with Crippen molar-refractivity contribution in [1.29, 1.82) is 0 Å². The summed E-state index contributed by atoms with van der Waals surface area (Å²) in [6.45, 7) is 1.54. The summed E-state index contributed by atoms with van der Waals surface area (Å²) in [6, 6.07) is 12.8. The molecular formula is C19H17N3O4. The van der Waals surface area contributed by atoms with Gasteiger partial charge in [-0.2, -0.15) is 0 Å². The third kappa shape index (κ3) is 3.32. The van der Waals surface area contributed by atoms with Crippen LogP contribution < -0.4 is 10.9 Å². The van der Waals surface area contributed by atoms with Crippen LogP contribution in [0.25, 0.3) is 16.6 Å². The number of para-hydroxylation sites is 1. The molecule has 0 bridgehead atoms. The van der Waals surface area contributed by atoms with Crippen molar-refractivity contribution in [3.8, 4) is 5.69 Å². The molecule has 0 aliphatic rings. The molecule has 2 aromatic carbocycles. The van der Waals surface area contributed by atoms with Crippen LogP contribution in [0.15, 0.2) is 59.7 Å². The van der Waals surface area contributed by atoms with E-state index in [2.05, 4.69) is 15.0 Å². The van der Waals surface area contributed by atoms with Crippen molar-refractivity contribution >= 4 is 22.8 Å². The fourth-order valence-electron chi connectivity index (χ4n) is 2.54. The topological polar surface area (TPSA) is 90.3 Å². The van der Waals surface area contributed by atoms with E-state index in [0.29, 0.717) is 22.2 Å². The lowest BCUT2D eigenvalue weighted by atomic mass is 10.1. The Balaban J connectivity index is 1.86. The normalized spacial score (nSPS) is 11.8. The predicted octanol–water partition coefficient (Wildman–Crippen LogP) is 1.68. The Labute approximate surface area is 149 Å². The molecular weight excluding hydrogens is 334 g/mol. The number of fused-ring (bicyclic) bond motifs is 1. The molecule has 0 saturated carbocycles. The van der Waals surface area contributed by atoms with E-state index in [1.807, 2.05) is 6.07 Å². The Morgan fingerprint density at radius 2 is 1.81 bits per heavy atom. The number of hydrogen-bond donors (Lipinski definition) is 1. The number of methoxy groups -OCH3 is 1. The fourth-order valence-corrected chi connectivity index (χ4v) is 2.54. The van der Waals surface area contributed by atoms with Crippen LogP contribution in [0.5, 0.6) is 0 Å². The second kappa shape index (κ2) is 7.18. The van der Waals surface area contributed by atoms with Crippen molar-refractivity contribution in [2.45, 2.75) is 13.0 Å².